The lowest BCUT2D eigenvalue weighted by atomic mass is 9.85. The predicted molar refractivity (Wildman–Crippen MR) is 64.3 cm³/mol. The summed E-state index contributed by atoms with van der Waals surface area (Å²) in [5, 5.41) is 3.54. The molecule has 15 heavy (non-hydrogen) atoms. The largest absolute Gasteiger partial charge is 0.375 e. The zero-order chi connectivity index (χ0) is 10.8. The average molecular weight is 206 g/mol. The van der Waals surface area contributed by atoms with Gasteiger partial charge in [0.25, 0.3) is 0 Å². The Labute approximate surface area is 93.0 Å². The average Bonchev–Trinajstić information content (AvgIpc) is 2.20. The summed E-state index contributed by atoms with van der Waals surface area (Å²) >= 11 is 0. The van der Waals surface area contributed by atoms with Gasteiger partial charge in [0, 0.05) is 13.1 Å². The fraction of sp³-hybridized carbons (Fsp3) is 0.692. The first-order valence-corrected chi connectivity index (χ1v) is 6.02. The molecule has 2 rings (SSSR count). The highest BCUT2D eigenvalue weighted by molar-refractivity contribution is 5.17. The Morgan fingerprint density at radius 1 is 1.40 bits per heavy atom. The third-order valence-corrected chi connectivity index (χ3v) is 3.92. The molecule has 2 heteroatoms. The van der Waals surface area contributed by atoms with E-state index in [2.05, 4.69) is 49.3 Å². The van der Waals surface area contributed by atoms with Crippen LogP contribution >= 0.6 is 0 Å². The van der Waals surface area contributed by atoms with Crippen molar-refractivity contribution in [1.29, 1.82) is 0 Å². The van der Waals surface area contributed by atoms with Crippen LogP contribution in [0, 0.1) is 11.8 Å². The van der Waals surface area contributed by atoms with Crippen LogP contribution in [0.3, 0.4) is 0 Å². The quantitative estimate of drug-likeness (QED) is 0.654. The minimum absolute atomic E-state index is 0.523. The van der Waals surface area contributed by atoms with Gasteiger partial charge in [-0.05, 0) is 37.5 Å². The third kappa shape index (κ3) is 2.25. The van der Waals surface area contributed by atoms with Crippen LogP contribution in [0.2, 0.25) is 0 Å². The maximum Gasteiger partial charge on any atom is 0.0819 e. The summed E-state index contributed by atoms with van der Waals surface area (Å²) in [7, 11) is 0. The molecule has 1 N–H and O–H groups in total. The molecule has 2 aliphatic rings. The van der Waals surface area contributed by atoms with Crippen molar-refractivity contribution in [3.63, 3.8) is 0 Å². The van der Waals surface area contributed by atoms with Gasteiger partial charge >= 0.3 is 0 Å². The van der Waals surface area contributed by atoms with Crippen molar-refractivity contribution in [3.05, 3.63) is 23.9 Å². The van der Waals surface area contributed by atoms with Gasteiger partial charge in [-0.2, -0.15) is 0 Å². The molecule has 0 radical (unpaired) electrons. The number of fused-ring (bicyclic) bond motifs is 1. The minimum Gasteiger partial charge on any atom is -0.375 e. The summed E-state index contributed by atoms with van der Waals surface area (Å²) in [6.07, 6.45) is 8.46. The van der Waals surface area contributed by atoms with Crippen LogP contribution in [0.1, 0.15) is 27.2 Å². The molecule has 0 bridgehead atoms. The monoisotopic (exact) mass is 206 g/mol. The topological polar surface area (TPSA) is 15.3 Å². The number of hydrogen-bond donors (Lipinski definition) is 1. The van der Waals surface area contributed by atoms with Crippen LogP contribution in [0.25, 0.3) is 0 Å². The number of piperidine rings is 1. The lowest BCUT2D eigenvalue weighted by Crippen LogP contribution is -2.54. The first-order valence-electron chi connectivity index (χ1n) is 6.02. The second-order valence-corrected chi connectivity index (χ2v) is 5.01. The normalized spacial score (nSPS) is 42.9. The highest BCUT2D eigenvalue weighted by Crippen LogP contribution is 2.27. The van der Waals surface area contributed by atoms with E-state index < -0.39 is 0 Å². The molecule has 0 aromatic heterocycles. The van der Waals surface area contributed by atoms with Gasteiger partial charge in [-0.1, -0.05) is 25.5 Å². The Morgan fingerprint density at radius 2 is 2.20 bits per heavy atom. The number of rotatable bonds is 0. The number of nitrogens with one attached hydrogen (secondary N) is 1. The standard InChI is InChI=1S/C13H22N2/c1-10-4-7-14-13-12(3)11(2)6-9-15(13)8-5-10/h4-5,7,11-14H,6,8-9H2,1-3H3/b7-4-,10-5-. The van der Waals surface area contributed by atoms with E-state index in [0.29, 0.717) is 6.17 Å². The number of allylic oxidation sites excluding steroid dienone is 2. The van der Waals surface area contributed by atoms with E-state index in [1.165, 1.54) is 18.5 Å². The van der Waals surface area contributed by atoms with Crippen molar-refractivity contribution in [1.82, 2.24) is 10.2 Å². The lowest BCUT2D eigenvalue weighted by Gasteiger charge is -2.43. The van der Waals surface area contributed by atoms with Gasteiger partial charge in [-0.15, -0.1) is 0 Å². The van der Waals surface area contributed by atoms with E-state index in [-0.39, 0.29) is 0 Å². The van der Waals surface area contributed by atoms with Crippen molar-refractivity contribution >= 4 is 0 Å². The van der Waals surface area contributed by atoms with E-state index in [0.717, 1.165) is 18.4 Å². The van der Waals surface area contributed by atoms with Crippen molar-refractivity contribution < 1.29 is 0 Å². The molecule has 2 heterocycles. The Bertz CT molecular complexity index is 280. The van der Waals surface area contributed by atoms with Crippen LogP contribution < -0.4 is 5.32 Å². The van der Waals surface area contributed by atoms with E-state index in [4.69, 9.17) is 0 Å². The van der Waals surface area contributed by atoms with Gasteiger partial charge < -0.3 is 5.32 Å². The van der Waals surface area contributed by atoms with Crippen LogP contribution in [0.4, 0.5) is 0 Å². The van der Waals surface area contributed by atoms with Gasteiger partial charge in [0.1, 0.15) is 0 Å². The van der Waals surface area contributed by atoms with E-state index in [1.54, 1.807) is 0 Å². The Kier molecular flexibility index (Phi) is 3.15. The zero-order valence-electron chi connectivity index (χ0n) is 10.0. The summed E-state index contributed by atoms with van der Waals surface area (Å²) < 4.78 is 0. The molecule has 84 valence electrons. The fourth-order valence-electron chi connectivity index (χ4n) is 2.48. The number of nitrogens with zero attached hydrogens (tertiary/aromatic N) is 1. The molecule has 0 aliphatic carbocycles. The maximum atomic E-state index is 3.54. The molecule has 1 fully saturated rings. The Balaban J connectivity index is 2.12. The molecule has 3 atom stereocenters. The van der Waals surface area contributed by atoms with Gasteiger partial charge in [0.2, 0.25) is 0 Å². The highest BCUT2D eigenvalue weighted by atomic mass is 15.3. The van der Waals surface area contributed by atoms with E-state index in [9.17, 15) is 0 Å². The van der Waals surface area contributed by atoms with E-state index in [1.807, 2.05) is 0 Å². The zero-order valence-corrected chi connectivity index (χ0v) is 10.0. The predicted octanol–water partition coefficient (Wildman–Crippen LogP) is 2.35. The third-order valence-electron chi connectivity index (χ3n) is 3.92. The molecule has 2 nitrogen and oxygen atoms in total. The van der Waals surface area contributed by atoms with Gasteiger partial charge in [-0.3, -0.25) is 4.90 Å². The summed E-state index contributed by atoms with van der Waals surface area (Å²) in [4.78, 5) is 2.55. The molecule has 0 amide bonds. The van der Waals surface area contributed by atoms with Crippen LogP contribution in [0.15, 0.2) is 23.9 Å². The SMILES string of the molecule is CC1=C/CN2CCC(C)C(C)C2N/C=C\1. The molecule has 0 saturated carbocycles. The van der Waals surface area contributed by atoms with Crippen LogP contribution in [-0.2, 0) is 0 Å². The van der Waals surface area contributed by atoms with Gasteiger partial charge in [0.05, 0.1) is 6.17 Å². The maximum absolute atomic E-state index is 3.54. The summed E-state index contributed by atoms with van der Waals surface area (Å²) in [5.74, 6) is 1.56. The minimum atomic E-state index is 0.523. The van der Waals surface area contributed by atoms with Crippen molar-refractivity contribution in [3.8, 4) is 0 Å². The Morgan fingerprint density at radius 3 is 3.00 bits per heavy atom. The molecular weight excluding hydrogens is 184 g/mol. The summed E-state index contributed by atoms with van der Waals surface area (Å²) in [5.41, 5.74) is 1.35. The summed E-state index contributed by atoms with van der Waals surface area (Å²) in [6.45, 7) is 9.20. The molecule has 0 aromatic rings. The molecule has 0 spiro atoms. The van der Waals surface area contributed by atoms with Crippen molar-refractivity contribution in [2.45, 2.75) is 33.4 Å². The smallest absolute Gasteiger partial charge is 0.0819 e. The van der Waals surface area contributed by atoms with E-state index >= 15 is 0 Å². The molecule has 0 aromatic carbocycles. The molecule has 2 aliphatic heterocycles. The van der Waals surface area contributed by atoms with Gasteiger partial charge in [-0.25, -0.2) is 0 Å². The second kappa shape index (κ2) is 4.40. The van der Waals surface area contributed by atoms with Crippen LogP contribution in [0.5, 0.6) is 0 Å². The highest BCUT2D eigenvalue weighted by Gasteiger charge is 2.31. The molecule has 1 saturated heterocycles. The molecule has 3 unspecified atom stereocenters. The first kappa shape index (κ1) is 10.7. The number of hydrogen-bond acceptors (Lipinski definition) is 2. The summed E-state index contributed by atoms with van der Waals surface area (Å²) in [6, 6.07) is 0. The lowest BCUT2D eigenvalue weighted by molar-refractivity contribution is 0.0601. The Hall–Kier alpha value is -0.760. The first-order chi connectivity index (χ1) is 7.18. The second-order valence-electron chi connectivity index (χ2n) is 5.01. The van der Waals surface area contributed by atoms with Crippen molar-refractivity contribution in [2.24, 2.45) is 11.8 Å². The van der Waals surface area contributed by atoms with Crippen molar-refractivity contribution in [2.75, 3.05) is 13.1 Å². The molecular formula is C13H22N2. The fourth-order valence-corrected chi connectivity index (χ4v) is 2.48. The van der Waals surface area contributed by atoms with Crippen LogP contribution in [-0.4, -0.2) is 24.2 Å². The van der Waals surface area contributed by atoms with Gasteiger partial charge in [0.15, 0.2) is 0 Å².